The molecule has 0 aromatic rings. The normalized spacial score (nSPS) is 13.3. The molecular formula is C11H23N. The monoisotopic (exact) mass is 169 g/mol. The summed E-state index contributed by atoms with van der Waals surface area (Å²) in [6.07, 6.45) is 5.09. The van der Waals surface area contributed by atoms with Crippen LogP contribution < -0.4 is 5.73 Å². The minimum Gasteiger partial charge on any atom is -0.402 e. The average molecular weight is 169 g/mol. The van der Waals surface area contributed by atoms with Crippen molar-refractivity contribution >= 4 is 0 Å². The van der Waals surface area contributed by atoms with Crippen molar-refractivity contribution in [1.29, 1.82) is 0 Å². The molecule has 0 spiro atoms. The zero-order valence-electron chi connectivity index (χ0n) is 8.77. The molecule has 0 aromatic carbocycles. The molecule has 1 heteroatoms. The minimum absolute atomic E-state index is 0.525. The first-order chi connectivity index (χ1) is 5.59. The largest absolute Gasteiger partial charge is 0.402 e. The van der Waals surface area contributed by atoms with Gasteiger partial charge in [-0.2, -0.15) is 0 Å². The Hall–Kier alpha value is -0.460. The van der Waals surface area contributed by atoms with Crippen molar-refractivity contribution in [3.05, 3.63) is 12.3 Å². The second kappa shape index (κ2) is 6.10. The first-order valence-corrected chi connectivity index (χ1v) is 5.03. The van der Waals surface area contributed by atoms with E-state index in [4.69, 9.17) is 5.73 Å². The van der Waals surface area contributed by atoms with Gasteiger partial charge in [-0.25, -0.2) is 0 Å². The molecule has 0 fully saturated rings. The molecule has 0 aliphatic rings. The molecule has 0 amide bonds. The quantitative estimate of drug-likeness (QED) is 0.606. The highest BCUT2D eigenvalue weighted by Crippen LogP contribution is 2.22. The van der Waals surface area contributed by atoms with Crippen LogP contribution in [-0.2, 0) is 0 Å². The highest BCUT2D eigenvalue weighted by Gasteiger charge is 2.13. The smallest absolute Gasteiger partial charge is 0.00415 e. The minimum atomic E-state index is 0.525. The van der Waals surface area contributed by atoms with Gasteiger partial charge in [0.05, 0.1) is 0 Å². The maximum atomic E-state index is 5.73. The van der Waals surface area contributed by atoms with Crippen LogP contribution in [0.5, 0.6) is 0 Å². The van der Waals surface area contributed by atoms with Crippen molar-refractivity contribution in [2.45, 2.75) is 46.5 Å². The van der Waals surface area contributed by atoms with E-state index in [2.05, 4.69) is 27.4 Å². The summed E-state index contributed by atoms with van der Waals surface area (Å²) < 4.78 is 0. The predicted molar refractivity (Wildman–Crippen MR) is 55.8 cm³/mol. The Morgan fingerprint density at radius 3 is 2.25 bits per heavy atom. The second-order valence-corrected chi connectivity index (χ2v) is 3.92. The molecule has 0 heterocycles. The maximum Gasteiger partial charge on any atom is 0.00415 e. The molecule has 1 nitrogen and oxygen atoms in total. The fraction of sp³-hybridized carbons (Fsp3) is 0.818. The van der Waals surface area contributed by atoms with Crippen molar-refractivity contribution in [2.24, 2.45) is 17.6 Å². The molecule has 0 saturated heterocycles. The number of rotatable bonds is 6. The molecule has 1 unspecified atom stereocenters. The topological polar surface area (TPSA) is 26.0 Å². The van der Waals surface area contributed by atoms with Crippen LogP contribution in [0.4, 0.5) is 0 Å². The molecule has 0 aromatic heterocycles. The van der Waals surface area contributed by atoms with E-state index in [0.717, 1.165) is 5.70 Å². The van der Waals surface area contributed by atoms with E-state index in [-0.39, 0.29) is 0 Å². The summed E-state index contributed by atoms with van der Waals surface area (Å²) >= 11 is 0. The summed E-state index contributed by atoms with van der Waals surface area (Å²) in [6, 6.07) is 0. The van der Waals surface area contributed by atoms with Crippen LogP contribution in [0.15, 0.2) is 12.3 Å². The molecule has 0 bridgehead atoms. The first kappa shape index (κ1) is 11.5. The van der Waals surface area contributed by atoms with Crippen LogP contribution in [0.1, 0.15) is 46.5 Å². The van der Waals surface area contributed by atoms with Crippen molar-refractivity contribution in [3.63, 3.8) is 0 Å². The average Bonchev–Trinajstić information content (AvgIpc) is 1.96. The van der Waals surface area contributed by atoms with Crippen LogP contribution in [-0.4, -0.2) is 0 Å². The van der Waals surface area contributed by atoms with Gasteiger partial charge in [-0.05, 0) is 12.3 Å². The number of nitrogens with two attached hydrogens (primary N) is 1. The van der Waals surface area contributed by atoms with E-state index in [9.17, 15) is 0 Å². The molecule has 0 aliphatic carbocycles. The SMILES string of the molecule is C=C(N)C(CCCCC)C(C)C. The van der Waals surface area contributed by atoms with Crippen LogP contribution in [0.25, 0.3) is 0 Å². The molecule has 72 valence electrons. The Morgan fingerprint density at radius 1 is 1.33 bits per heavy atom. The lowest BCUT2D eigenvalue weighted by Crippen LogP contribution is -2.16. The Balaban J connectivity index is 3.72. The standard InChI is InChI=1S/C11H23N/c1-5-6-7-8-11(9(2)3)10(4)12/h9,11H,4-8,12H2,1-3H3. The number of hydrogen-bond donors (Lipinski definition) is 1. The highest BCUT2D eigenvalue weighted by atomic mass is 14.6. The van der Waals surface area contributed by atoms with Crippen molar-refractivity contribution in [1.82, 2.24) is 0 Å². The zero-order valence-corrected chi connectivity index (χ0v) is 8.77. The highest BCUT2D eigenvalue weighted by molar-refractivity contribution is 4.95. The third-order valence-electron chi connectivity index (χ3n) is 2.40. The van der Waals surface area contributed by atoms with E-state index >= 15 is 0 Å². The summed E-state index contributed by atoms with van der Waals surface area (Å²) in [5, 5.41) is 0. The third kappa shape index (κ3) is 4.42. The van der Waals surface area contributed by atoms with Crippen molar-refractivity contribution in [3.8, 4) is 0 Å². The summed E-state index contributed by atoms with van der Waals surface area (Å²) in [5.41, 5.74) is 6.59. The Bertz CT molecular complexity index is 127. The molecule has 0 rings (SSSR count). The molecule has 0 aliphatic heterocycles. The number of unbranched alkanes of at least 4 members (excludes halogenated alkanes) is 2. The van der Waals surface area contributed by atoms with Crippen LogP contribution in [0, 0.1) is 11.8 Å². The molecule has 0 radical (unpaired) electrons. The van der Waals surface area contributed by atoms with Gasteiger partial charge < -0.3 is 5.73 Å². The second-order valence-electron chi connectivity index (χ2n) is 3.92. The van der Waals surface area contributed by atoms with Crippen LogP contribution in [0.2, 0.25) is 0 Å². The molecule has 12 heavy (non-hydrogen) atoms. The van der Waals surface area contributed by atoms with Gasteiger partial charge in [-0.3, -0.25) is 0 Å². The Morgan fingerprint density at radius 2 is 1.92 bits per heavy atom. The van der Waals surface area contributed by atoms with Crippen molar-refractivity contribution in [2.75, 3.05) is 0 Å². The maximum absolute atomic E-state index is 5.73. The Kier molecular flexibility index (Phi) is 5.87. The van der Waals surface area contributed by atoms with E-state index in [0.29, 0.717) is 11.8 Å². The summed E-state index contributed by atoms with van der Waals surface area (Å²) in [6.45, 7) is 10.5. The van der Waals surface area contributed by atoms with Gasteiger partial charge in [0.25, 0.3) is 0 Å². The van der Waals surface area contributed by atoms with Gasteiger partial charge in [0, 0.05) is 11.6 Å². The molecule has 2 N–H and O–H groups in total. The Labute approximate surface area is 77.0 Å². The van der Waals surface area contributed by atoms with Gasteiger partial charge in [-0.1, -0.05) is 46.6 Å². The summed E-state index contributed by atoms with van der Waals surface area (Å²) in [7, 11) is 0. The molecule has 1 atom stereocenters. The molecule has 0 saturated carbocycles. The number of hydrogen-bond acceptors (Lipinski definition) is 1. The fourth-order valence-corrected chi connectivity index (χ4v) is 1.56. The lowest BCUT2D eigenvalue weighted by molar-refractivity contribution is 0.396. The van der Waals surface area contributed by atoms with E-state index in [1.807, 2.05) is 0 Å². The van der Waals surface area contributed by atoms with E-state index in [1.54, 1.807) is 0 Å². The number of allylic oxidation sites excluding steroid dienone is 1. The lowest BCUT2D eigenvalue weighted by atomic mass is 9.88. The van der Waals surface area contributed by atoms with Gasteiger partial charge in [0.15, 0.2) is 0 Å². The van der Waals surface area contributed by atoms with Crippen molar-refractivity contribution < 1.29 is 0 Å². The summed E-state index contributed by atoms with van der Waals surface area (Å²) in [4.78, 5) is 0. The lowest BCUT2D eigenvalue weighted by Gasteiger charge is -2.20. The third-order valence-corrected chi connectivity index (χ3v) is 2.40. The van der Waals surface area contributed by atoms with Gasteiger partial charge in [0.2, 0.25) is 0 Å². The summed E-state index contributed by atoms with van der Waals surface area (Å²) in [5.74, 6) is 1.16. The van der Waals surface area contributed by atoms with Gasteiger partial charge in [0.1, 0.15) is 0 Å². The van der Waals surface area contributed by atoms with Gasteiger partial charge >= 0.3 is 0 Å². The molecular weight excluding hydrogens is 146 g/mol. The van der Waals surface area contributed by atoms with E-state index in [1.165, 1.54) is 25.7 Å². The van der Waals surface area contributed by atoms with Gasteiger partial charge in [-0.15, -0.1) is 0 Å². The fourth-order valence-electron chi connectivity index (χ4n) is 1.56. The zero-order chi connectivity index (χ0) is 9.56. The first-order valence-electron chi connectivity index (χ1n) is 5.03. The van der Waals surface area contributed by atoms with E-state index < -0.39 is 0 Å². The van der Waals surface area contributed by atoms with Crippen LogP contribution >= 0.6 is 0 Å². The predicted octanol–water partition coefficient (Wildman–Crippen LogP) is 3.31. The van der Waals surface area contributed by atoms with Crippen LogP contribution in [0.3, 0.4) is 0 Å².